The van der Waals surface area contributed by atoms with Crippen molar-refractivity contribution in [1.29, 1.82) is 0 Å². The third kappa shape index (κ3) is 22.6. The van der Waals surface area contributed by atoms with Crippen LogP contribution in [0.2, 0.25) is 0 Å². The highest BCUT2D eigenvalue weighted by Crippen LogP contribution is 2.66. The van der Waals surface area contributed by atoms with E-state index < -0.39 is 0 Å². The van der Waals surface area contributed by atoms with Gasteiger partial charge in [-0.2, -0.15) is 0 Å². The van der Waals surface area contributed by atoms with Gasteiger partial charge >= 0.3 is 0 Å². The molecule has 6 unspecified atom stereocenters. The summed E-state index contributed by atoms with van der Waals surface area (Å²) >= 11 is 35.4. The van der Waals surface area contributed by atoms with Crippen LogP contribution >= 0.6 is 164 Å². The first kappa shape index (κ1) is 83.7. The molecule has 0 radical (unpaired) electrons. The Labute approximate surface area is 688 Å². The number of allylic oxidation sites excluding steroid dienone is 5. The van der Waals surface area contributed by atoms with Crippen molar-refractivity contribution in [2.24, 2.45) is 17.8 Å². The number of aryl methyl sites for hydroxylation is 2. The third-order valence-electron chi connectivity index (χ3n) is 21.0. The van der Waals surface area contributed by atoms with Gasteiger partial charge in [0.05, 0.1) is 22.5 Å². The Kier molecular flexibility index (Phi) is 34.7. The van der Waals surface area contributed by atoms with E-state index in [4.69, 9.17) is 24.4 Å². The number of carbonyl (C=O) groups excluding carboxylic acids is 2. The second-order valence-corrected chi connectivity index (χ2v) is 45.2. The van der Waals surface area contributed by atoms with E-state index in [1.165, 1.54) is 276 Å². The number of hydrogen-bond acceptors (Lipinski definition) is 16. The third-order valence-corrected chi connectivity index (χ3v) is 37.1. The van der Waals surface area contributed by atoms with E-state index in [1.807, 2.05) is 79.1 Å². The number of unbranched alkanes of at least 4 members (excludes halogenated alkanes) is 22. The largest absolute Gasteiger partial charge is 0.293 e. The summed E-state index contributed by atoms with van der Waals surface area (Å²) < 4.78 is 6.82. The first-order chi connectivity index (χ1) is 50.8. The minimum atomic E-state index is 0.0511. The number of amides is 2. The van der Waals surface area contributed by atoms with Gasteiger partial charge in [0.2, 0.25) is 0 Å². The quantitative estimate of drug-likeness (QED) is 0.0161. The molecule has 0 bridgehead atoms. The summed E-state index contributed by atoms with van der Waals surface area (Å²) in [5.74, 6) is 3.30. The van der Waals surface area contributed by atoms with E-state index in [0.717, 1.165) is 64.7 Å². The van der Waals surface area contributed by atoms with Crippen molar-refractivity contribution in [3.05, 3.63) is 137 Å². The van der Waals surface area contributed by atoms with Crippen LogP contribution in [-0.2, 0) is 22.4 Å². The Bertz CT molecular complexity index is 3710. The van der Waals surface area contributed by atoms with Crippen molar-refractivity contribution in [1.82, 2.24) is 9.80 Å². The Morgan fingerprint density at radius 2 is 0.952 bits per heavy atom. The molecular weight excluding hydrogens is 1540 g/mol. The molecule has 0 spiro atoms. The fraction of sp³-hybridized carbons (Fsp3) is 0.581. The molecular formula is C86H114N2O2S14. The highest BCUT2D eigenvalue weighted by atomic mass is 32.2. The van der Waals surface area contributed by atoms with Gasteiger partial charge in [-0.05, 0) is 150 Å². The standard InChI is InChI=1S/C86H114N2O2S14/c1-9-15-21-27-29-35-45-87-81(89)73(101-85(87)91)51-61-49-69-77(83(93-55-63-47-57(7)71(95-63)39-33-25-19-13-5)94-56-64-48-58(8)72(96-64)40-34-26-20-14-6)65-53-68-66(54-67(65)79(69)99-61)78(70-50-62(100-80(68)70)52-74-82(90)88(86(92)102-74)46-36-30-28-22-16-10-2)84(103-75-43-41-59(97-75)37-31-23-17-11-3)104-76-44-42-60(98-76)38-32-24-18-12-4/h41-44,47-54,57-58,69,71-72,79H,9-40,45-46,55-56H2,1-8H3/b73-51+,74-52+,83-77?. The number of nitrogens with zero attached hydrogens (tertiary/aromatic N) is 2. The van der Waals surface area contributed by atoms with Gasteiger partial charge in [0.15, 0.2) is 0 Å². The summed E-state index contributed by atoms with van der Waals surface area (Å²) in [5, 5.41) is 1.40. The summed E-state index contributed by atoms with van der Waals surface area (Å²) in [6.07, 6.45) is 51.6. The van der Waals surface area contributed by atoms with Gasteiger partial charge < -0.3 is 0 Å². The first-order valence-electron chi connectivity index (χ1n) is 40.0. The minimum absolute atomic E-state index is 0.0511. The van der Waals surface area contributed by atoms with Crippen molar-refractivity contribution in [2.45, 2.75) is 285 Å². The topological polar surface area (TPSA) is 40.6 Å². The molecule has 1 aromatic carbocycles. The van der Waals surface area contributed by atoms with E-state index in [0.29, 0.717) is 44.1 Å². The molecule has 564 valence electrons. The predicted molar refractivity (Wildman–Crippen MR) is 487 cm³/mol. The molecule has 2 fully saturated rings. The Morgan fingerprint density at radius 3 is 1.46 bits per heavy atom. The molecule has 4 nitrogen and oxygen atoms in total. The van der Waals surface area contributed by atoms with Crippen LogP contribution in [0.4, 0.5) is 0 Å². The van der Waals surface area contributed by atoms with Gasteiger partial charge in [-0.15, -0.1) is 92.8 Å². The van der Waals surface area contributed by atoms with Crippen LogP contribution in [0.3, 0.4) is 0 Å². The van der Waals surface area contributed by atoms with E-state index in [-0.39, 0.29) is 23.0 Å². The summed E-state index contributed by atoms with van der Waals surface area (Å²) in [4.78, 5) is 44.0. The molecule has 7 aliphatic rings. The number of rotatable bonds is 46. The lowest BCUT2D eigenvalue weighted by Crippen LogP contribution is -2.29. The average molecular weight is 1660 g/mol. The van der Waals surface area contributed by atoms with Crippen molar-refractivity contribution in [3.8, 4) is 10.4 Å². The molecule has 0 saturated carbocycles. The number of thioether (sulfide) groups is 9. The van der Waals surface area contributed by atoms with Crippen molar-refractivity contribution < 1.29 is 9.59 Å². The smallest absolute Gasteiger partial charge is 0.266 e. The van der Waals surface area contributed by atoms with Crippen LogP contribution in [0, 0.1) is 17.8 Å². The lowest BCUT2D eigenvalue weighted by molar-refractivity contribution is -0.123. The summed E-state index contributed by atoms with van der Waals surface area (Å²) in [6.45, 7) is 20.1. The number of carbonyl (C=O) groups is 2. The van der Waals surface area contributed by atoms with Crippen LogP contribution in [0.15, 0.2) is 108 Å². The molecule has 18 heteroatoms. The second-order valence-electron chi connectivity index (χ2n) is 29.4. The van der Waals surface area contributed by atoms with E-state index in [2.05, 4.69) is 175 Å². The van der Waals surface area contributed by atoms with E-state index in [9.17, 15) is 9.59 Å². The summed E-state index contributed by atoms with van der Waals surface area (Å²) in [5.41, 5.74) is 9.43. The highest BCUT2D eigenvalue weighted by Gasteiger charge is 2.46. The lowest BCUT2D eigenvalue weighted by Gasteiger charge is -2.18. The lowest BCUT2D eigenvalue weighted by atomic mass is 9.98. The molecule has 11 rings (SSSR count). The molecule has 3 aromatic heterocycles. The van der Waals surface area contributed by atoms with Gasteiger partial charge in [0.25, 0.3) is 11.8 Å². The predicted octanol–water partition coefficient (Wildman–Crippen LogP) is 30.7. The number of thiocarbonyl (C=S) groups is 2. The average Bonchev–Trinajstić information content (AvgIpc) is 1.55. The van der Waals surface area contributed by atoms with Gasteiger partial charge in [0.1, 0.15) is 8.64 Å². The highest BCUT2D eigenvalue weighted by molar-refractivity contribution is 8.27. The van der Waals surface area contributed by atoms with Gasteiger partial charge in [0, 0.05) is 91.6 Å². The zero-order valence-electron chi connectivity index (χ0n) is 63.3. The number of benzene rings is 1. The molecule has 104 heavy (non-hydrogen) atoms. The van der Waals surface area contributed by atoms with Gasteiger partial charge in [-0.3, -0.25) is 19.4 Å². The van der Waals surface area contributed by atoms with Gasteiger partial charge in [-0.1, -0.05) is 299 Å². The van der Waals surface area contributed by atoms with Crippen molar-refractivity contribution >= 4 is 202 Å². The second kappa shape index (κ2) is 43.1. The fourth-order valence-electron chi connectivity index (χ4n) is 15.1. The molecule has 5 aliphatic heterocycles. The SMILES string of the molecule is CCCCCCCCN1C(=O)/C(=C\C2=CC3C(=C(SCC4=CC(C)C(CCCCCC)S4)SCC4=CC(C)C(CCCCCC)S4)c4cc5c(cc4C3S2)C(=C(Sc2ccc(CCCCCC)s2)Sc2ccc(CCCCCC)s2)c2cc(/C=C3/SC(=S)N(CCCCCCCC)C3=O)sc2-5)SC1=S. The maximum atomic E-state index is 14.6. The Morgan fingerprint density at radius 1 is 0.481 bits per heavy atom. The zero-order valence-corrected chi connectivity index (χ0v) is 74.7. The van der Waals surface area contributed by atoms with E-state index in [1.54, 1.807) is 0 Å². The number of thiophene rings is 3. The molecule has 2 amide bonds. The summed E-state index contributed by atoms with van der Waals surface area (Å²) in [6, 6.07) is 17.3. The van der Waals surface area contributed by atoms with Gasteiger partial charge in [-0.25, -0.2) is 0 Å². The maximum Gasteiger partial charge on any atom is 0.266 e. The number of hydrogen-bond donors (Lipinski definition) is 0. The van der Waals surface area contributed by atoms with E-state index >= 15 is 0 Å². The van der Waals surface area contributed by atoms with Crippen LogP contribution < -0.4 is 0 Å². The summed E-state index contributed by atoms with van der Waals surface area (Å²) in [7, 11) is 0. The first-order valence-corrected chi connectivity index (χ1v) is 51.2. The Balaban J connectivity index is 1.04. The minimum Gasteiger partial charge on any atom is -0.293 e. The monoisotopic (exact) mass is 1650 g/mol. The molecule has 8 heterocycles. The van der Waals surface area contributed by atoms with Crippen LogP contribution in [-0.4, -0.2) is 65.4 Å². The Hall–Kier alpha value is -1.23. The molecule has 2 aliphatic carbocycles. The van der Waals surface area contributed by atoms with Crippen molar-refractivity contribution in [3.63, 3.8) is 0 Å². The number of fused-ring (bicyclic) bond motifs is 6. The van der Waals surface area contributed by atoms with Crippen LogP contribution in [0.25, 0.3) is 27.7 Å². The van der Waals surface area contributed by atoms with Crippen LogP contribution in [0.1, 0.15) is 290 Å². The molecule has 2 saturated heterocycles. The molecule has 4 aromatic rings. The molecule has 6 atom stereocenters. The van der Waals surface area contributed by atoms with Crippen LogP contribution in [0.5, 0.6) is 0 Å². The molecule has 0 N–H and O–H groups in total. The zero-order chi connectivity index (χ0) is 72.9. The maximum absolute atomic E-state index is 14.6. The van der Waals surface area contributed by atoms with Crippen molar-refractivity contribution in [2.75, 3.05) is 24.6 Å². The normalized spacial score (nSPS) is 21.3. The fourth-order valence-corrected chi connectivity index (χ4v) is 31.4.